The summed E-state index contributed by atoms with van der Waals surface area (Å²) in [6.07, 6.45) is 1.96. The zero-order chi connectivity index (χ0) is 11.5. The summed E-state index contributed by atoms with van der Waals surface area (Å²) in [6.45, 7) is 0.813. The number of nitrogen functional groups attached to an aromatic ring is 1. The van der Waals surface area contributed by atoms with E-state index in [1.807, 2.05) is 13.1 Å². The van der Waals surface area contributed by atoms with E-state index in [0.717, 1.165) is 18.5 Å². The summed E-state index contributed by atoms with van der Waals surface area (Å²) in [6, 6.07) is 5.13. The molecule has 0 aliphatic heterocycles. The van der Waals surface area contributed by atoms with Crippen molar-refractivity contribution in [2.75, 3.05) is 25.6 Å². The lowest BCUT2D eigenvalue weighted by atomic mass is 10.1. The Labute approximate surface area is 90.4 Å². The van der Waals surface area contributed by atoms with E-state index >= 15 is 0 Å². The van der Waals surface area contributed by atoms with Gasteiger partial charge >= 0.3 is 0 Å². The molecule has 0 aliphatic carbocycles. The van der Waals surface area contributed by atoms with Gasteiger partial charge in [0.1, 0.15) is 0 Å². The average molecular weight is 228 g/mol. The fraction of sp³-hybridized carbons (Fsp3) is 0.400. The molecule has 5 heteroatoms. The van der Waals surface area contributed by atoms with Gasteiger partial charge in [0.25, 0.3) is 0 Å². The van der Waals surface area contributed by atoms with Gasteiger partial charge in [0.2, 0.25) is 0 Å². The molecule has 4 nitrogen and oxygen atoms in total. The number of sulfone groups is 1. The van der Waals surface area contributed by atoms with Crippen molar-refractivity contribution in [3.8, 4) is 0 Å². The highest BCUT2D eigenvalue weighted by molar-refractivity contribution is 7.90. The molecule has 0 amide bonds. The second-order valence-corrected chi connectivity index (χ2v) is 5.48. The first kappa shape index (κ1) is 12.0. The lowest BCUT2D eigenvalue weighted by Crippen LogP contribution is -2.11. The van der Waals surface area contributed by atoms with Crippen molar-refractivity contribution in [2.24, 2.45) is 0 Å². The predicted molar refractivity (Wildman–Crippen MR) is 61.6 cm³/mol. The number of hydrogen-bond donors (Lipinski definition) is 2. The van der Waals surface area contributed by atoms with Crippen LogP contribution in [0.1, 0.15) is 5.56 Å². The van der Waals surface area contributed by atoms with Gasteiger partial charge in [-0.1, -0.05) is 6.07 Å². The molecule has 0 atom stereocenters. The predicted octanol–water partition coefficient (Wildman–Crippen LogP) is 0.434. The summed E-state index contributed by atoms with van der Waals surface area (Å²) in [5, 5.41) is 3.01. The molecule has 0 fully saturated rings. The molecule has 0 heterocycles. The molecule has 1 rings (SSSR count). The second-order valence-electron chi connectivity index (χ2n) is 3.50. The Balaban J connectivity index is 3.06. The van der Waals surface area contributed by atoms with Crippen LogP contribution in [-0.2, 0) is 16.3 Å². The summed E-state index contributed by atoms with van der Waals surface area (Å²) in [4.78, 5) is 0.219. The van der Waals surface area contributed by atoms with Crippen LogP contribution in [0.3, 0.4) is 0 Å². The van der Waals surface area contributed by atoms with Crippen molar-refractivity contribution in [1.29, 1.82) is 0 Å². The van der Waals surface area contributed by atoms with E-state index in [9.17, 15) is 8.42 Å². The topological polar surface area (TPSA) is 72.2 Å². The first-order valence-corrected chi connectivity index (χ1v) is 6.57. The Morgan fingerprint density at radius 1 is 1.40 bits per heavy atom. The van der Waals surface area contributed by atoms with E-state index in [1.165, 1.54) is 6.26 Å². The van der Waals surface area contributed by atoms with Gasteiger partial charge in [0.05, 0.1) is 10.6 Å². The molecule has 0 saturated carbocycles. The number of hydrogen-bond acceptors (Lipinski definition) is 4. The number of likely N-dealkylation sites (N-methyl/N-ethyl adjacent to an activating group) is 1. The zero-order valence-corrected chi connectivity index (χ0v) is 9.76. The summed E-state index contributed by atoms with van der Waals surface area (Å²) in [5.74, 6) is 0. The van der Waals surface area contributed by atoms with Crippen molar-refractivity contribution in [1.82, 2.24) is 5.32 Å². The fourth-order valence-electron chi connectivity index (χ4n) is 1.32. The van der Waals surface area contributed by atoms with Crippen LogP contribution in [0.15, 0.2) is 23.1 Å². The fourth-order valence-corrected chi connectivity index (χ4v) is 2.19. The van der Waals surface area contributed by atoms with Gasteiger partial charge in [0, 0.05) is 6.26 Å². The number of rotatable bonds is 4. The van der Waals surface area contributed by atoms with E-state index in [1.54, 1.807) is 12.1 Å². The molecule has 3 N–H and O–H groups in total. The number of benzene rings is 1. The third kappa shape index (κ3) is 3.21. The van der Waals surface area contributed by atoms with Gasteiger partial charge in [-0.25, -0.2) is 8.42 Å². The van der Waals surface area contributed by atoms with E-state index < -0.39 is 9.84 Å². The van der Waals surface area contributed by atoms with Crippen molar-refractivity contribution in [2.45, 2.75) is 11.3 Å². The smallest absolute Gasteiger partial charge is 0.177 e. The summed E-state index contributed by atoms with van der Waals surface area (Å²) in [7, 11) is -1.37. The van der Waals surface area contributed by atoms with Crippen molar-refractivity contribution in [3.05, 3.63) is 23.8 Å². The highest BCUT2D eigenvalue weighted by atomic mass is 32.2. The molecule has 0 aliphatic rings. The molecule has 0 saturated heterocycles. The lowest BCUT2D eigenvalue weighted by molar-refractivity contribution is 0.602. The lowest BCUT2D eigenvalue weighted by Gasteiger charge is -2.06. The first-order valence-electron chi connectivity index (χ1n) is 4.68. The van der Waals surface area contributed by atoms with Gasteiger partial charge in [-0.2, -0.15) is 0 Å². The minimum atomic E-state index is -3.23. The number of anilines is 1. The number of nitrogens with two attached hydrogens (primary N) is 1. The van der Waals surface area contributed by atoms with Gasteiger partial charge in [0.15, 0.2) is 9.84 Å². The van der Waals surface area contributed by atoms with Crippen LogP contribution in [0.2, 0.25) is 0 Å². The normalized spacial score (nSPS) is 11.6. The molecule has 0 unspecified atom stereocenters. The first-order chi connectivity index (χ1) is 6.95. The largest absolute Gasteiger partial charge is 0.398 e. The Morgan fingerprint density at radius 2 is 2.07 bits per heavy atom. The molecule has 1 aromatic rings. The van der Waals surface area contributed by atoms with Crippen LogP contribution < -0.4 is 11.1 Å². The molecule has 1 aromatic carbocycles. The number of nitrogens with one attached hydrogen (secondary N) is 1. The molecule has 0 aromatic heterocycles. The highest BCUT2D eigenvalue weighted by Crippen LogP contribution is 2.19. The molecule has 0 bridgehead atoms. The van der Waals surface area contributed by atoms with Crippen LogP contribution in [-0.4, -0.2) is 28.3 Å². The van der Waals surface area contributed by atoms with Crippen molar-refractivity contribution in [3.63, 3.8) is 0 Å². The van der Waals surface area contributed by atoms with Crippen LogP contribution in [0.25, 0.3) is 0 Å². The van der Waals surface area contributed by atoms with Gasteiger partial charge in [-0.15, -0.1) is 0 Å². The van der Waals surface area contributed by atoms with E-state index in [4.69, 9.17) is 5.73 Å². The minimum Gasteiger partial charge on any atom is -0.398 e. The maximum Gasteiger partial charge on any atom is 0.177 e. The summed E-state index contributed by atoms with van der Waals surface area (Å²) < 4.78 is 22.8. The summed E-state index contributed by atoms with van der Waals surface area (Å²) in [5.41, 5.74) is 6.89. The van der Waals surface area contributed by atoms with Crippen LogP contribution >= 0.6 is 0 Å². The molecular formula is C10H16N2O2S. The minimum absolute atomic E-state index is 0.219. The van der Waals surface area contributed by atoms with Gasteiger partial charge in [-0.05, 0) is 37.7 Å². The van der Waals surface area contributed by atoms with Gasteiger partial charge in [-0.3, -0.25) is 0 Å². The Kier molecular flexibility index (Phi) is 3.71. The van der Waals surface area contributed by atoms with E-state index in [2.05, 4.69) is 5.32 Å². The van der Waals surface area contributed by atoms with E-state index in [0.29, 0.717) is 5.69 Å². The quantitative estimate of drug-likeness (QED) is 0.733. The standard InChI is InChI=1S/C10H16N2O2S/c1-12-6-5-8-3-4-9(11)10(7-8)15(2,13)14/h3-4,7,12H,5-6,11H2,1-2H3. The third-order valence-electron chi connectivity index (χ3n) is 2.14. The molecule has 84 valence electrons. The Hall–Kier alpha value is -1.07. The Morgan fingerprint density at radius 3 is 2.60 bits per heavy atom. The monoisotopic (exact) mass is 228 g/mol. The molecular weight excluding hydrogens is 212 g/mol. The SMILES string of the molecule is CNCCc1ccc(N)c(S(C)(=O)=O)c1. The van der Waals surface area contributed by atoms with Crippen molar-refractivity contribution < 1.29 is 8.42 Å². The van der Waals surface area contributed by atoms with Crippen LogP contribution in [0.5, 0.6) is 0 Å². The third-order valence-corrected chi connectivity index (χ3v) is 3.29. The maximum absolute atomic E-state index is 11.4. The molecule has 0 spiro atoms. The zero-order valence-electron chi connectivity index (χ0n) is 8.95. The molecule has 0 radical (unpaired) electrons. The van der Waals surface area contributed by atoms with Gasteiger partial charge < -0.3 is 11.1 Å². The van der Waals surface area contributed by atoms with E-state index in [-0.39, 0.29) is 4.90 Å². The van der Waals surface area contributed by atoms with Crippen molar-refractivity contribution >= 4 is 15.5 Å². The highest BCUT2D eigenvalue weighted by Gasteiger charge is 2.11. The maximum atomic E-state index is 11.4. The summed E-state index contributed by atoms with van der Waals surface area (Å²) >= 11 is 0. The Bertz CT molecular complexity index is 441. The second kappa shape index (κ2) is 4.63. The average Bonchev–Trinajstić information content (AvgIpc) is 2.15. The van der Waals surface area contributed by atoms with Crippen LogP contribution in [0.4, 0.5) is 5.69 Å². The molecule has 15 heavy (non-hydrogen) atoms. The van der Waals surface area contributed by atoms with Crippen LogP contribution in [0, 0.1) is 0 Å².